The number of H-pyrrole nitrogens is 1. The minimum Gasteiger partial charge on any atom is -0.382 e. The molecule has 1 aliphatic rings. The smallest absolute Gasteiger partial charge is 0.153 e. The van der Waals surface area contributed by atoms with E-state index in [4.69, 9.17) is 10.5 Å². The summed E-state index contributed by atoms with van der Waals surface area (Å²) in [6, 6.07) is 6.24. The third kappa shape index (κ3) is 1.86. The molecule has 1 atom stereocenters. The minimum absolute atomic E-state index is 0.00912. The van der Waals surface area contributed by atoms with E-state index in [0.717, 1.165) is 36.3 Å². The van der Waals surface area contributed by atoms with Crippen LogP contribution in [0.15, 0.2) is 24.3 Å². The lowest BCUT2D eigenvalue weighted by molar-refractivity contribution is 0.109. The molecular weight excluding hydrogens is 233 g/mol. The van der Waals surface area contributed by atoms with Gasteiger partial charge in [0, 0.05) is 12.2 Å². The third-order valence-corrected chi connectivity index (χ3v) is 3.21. The van der Waals surface area contributed by atoms with Gasteiger partial charge in [-0.3, -0.25) is 5.10 Å². The van der Waals surface area contributed by atoms with Gasteiger partial charge in [0.1, 0.15) is 5.82 Å². The van der Waals surface area contributed by atoms with E-state index in [0.29, 0.717) is 5.82 Å². The molecule has 0 amide bonds. The standard InChI is InChI=1S/C13H14FN3O/c14-9-5-3-8(4-6-9)11-12(16-17-13(11)15)10-2-1-7-18-10/h3-6,10H,1-2,7H2,(H3,15,16,17). The summed E-state index contributed by atoms with van der Waals surface area (Å²) in [6.07, 6.45) is 2.00. The summed E-state index contributed by atoms with van der Waals surface area (Å²) in [5.74, 6) is 0.159. The van der Waals surface area contributed by atoms with Crippen LogP contribution in [0.1, 0.15) is 24.6 Å². The number of nitrogens with zero attached hydrogens (tertiary/aromatic N) is 1. The number of hydrogen-bond donors (Lipinski definition) is 2. The molecule has 1 fully saturated rings. The van der Waals surface area contributed by atoms with E-state index in [9.17, 15) is 4.39 Å². The van der Waals surface area contributed by atoms with Gasteiger partial charge in [-0.1, -0.05) is 12.1 Å². The van der Waals surface area contributed by atoms with Crippen LogP contribution in [0.4, 0.5) is 10.2 Å². The number of hydrogen-bond acceptors (Lipinski definition) is 3. The maximum atomic E-state index is 13.0. The Morgan fingerprint density at radius 1 is 1.33 bits per heavy atom. The second-order valence-electron chi connectivity index (χ2n) is 4.41. The molecular formula is C13H14FN3O. The SMILES string of the molecule is Nc1n[nH]c(C2CCCO2)c1-c1ccc(F)cc1. The highest BCUT2D eigenvalue weighted by molar-refractivity contribution is 5.76. The van der Waals surface area contributed by atoms with E-state index in [1.807, 2.05) is 0 Å². The quantitative estimate of drug-likeness (QED) is 0.857. The molecule has 94 valence electrons. The fourth-order valence-corrected chi connectivity index (χ4v) is 2.33. The number of nitrogens with one attached hydrogen (secondary N) is 1. The lowest BCUT2D eigenvalue weighted by atomic mass is 10.0. The molecule has 1 aromatic carbocycles. The molecule has 1 aliphatic heterocycles. The largest absolute Gasteiger partial charge is 0.382 e. The van der Waals surface area contributed by atoms with Crippen molar-refractivity contribution in [3.05, 3.63) is 35.8 Å². The van der Waals surface area contributed by atoms with Crippen molar-refractivity contribution in [2.45, 2.75) is 18.9 Å². The first-order chi connectivity index (χ1) is 8.75. The van der Waals surface area contributed by atoms with Crippen LogP contribution < -0.4 is 5.73 Å². The van der Waals surface area contributed by atoms with E-state index in [2.05, 4.69) is 10.2 Å². The van der Waals surface area contributed by atoms with Gasteiger partial charge in [-0.25, -0.2) is 4.39 Å². The number of nitrogen functional groups attached to an aromatic ring is 1. The van der Waals surface area contributed by atoms with E-state index >= 15 is 0 Å². The Morgan fingerprint density at radius 3 is 2.78 bits per heavy atom. The van der Waals surface area contributed by atoms with Crippen LogP contribution in [-0.4, -0.2) is 16.8 Å². The van der Waals surface area contributed by atoms with E-state index in [1.54, 1.807) is 12.1 Å². The predicted molar refractivity (Wildman–Crippen MR) is 66.3 cm³/mol. The summed E-state index contributed by atoms with van der Waals surface area (Å²) in [4.78, 5) is 0. The van der Waals surface area contributed by atoms with Crippen molar-refractivity contribution in [1.82, 2.24) is 10.2 Å². The maximum absolute atomic E-state index is 13.0. The molecule has 2 heterocycles. The number of aromatic amines is 1. The predicted octanol–water partition coefficient (Wildman–Crippen LogP) is 2.65. The number of benzene rings is 1. The van der Waals surface area contributed by atoms with Crippen LogP contribution >= 0.6 is 0 Å². The molecule has 1 unspecified atom stereocenters. The summed E-state index contributed by atoms with van der Waals surface area (Å²) in [5.41, 5.74) is 8.45. The Balaban J connectivity index is 2.04. The third-order valence-electron chi connectivity index (χ3n) is 3.21. The molecule has 2 aromatic rings. The van der Waals surface area contributed by atoms with Crippen LogP contribution in [0.5, 0.6) is 0 Å². The Kier molecular flexibility index (Phi) is 2.76. The first-order valence-electron chi connectivity index (χ1n) is 5.97. The first-order valence-corrected chi connectivity index (χ1v) is 5.97. The van der Waals surface area contributed by atoms with Crippen LogP contribution in [0.2, 0.25) is 0 Å². The Hall–Kier alpha value is -1.88. The number of aromatic nitrogens is 2. The molecule has 0 spiro atoms. The molecule has 0 bridgehead atoms. The monoisotopic (exact) mass is 247 g/mol. The highest BCUT2D eigenvalue weighted by Crippen LogP contribution is 2.37. The second kappa shape index (κ2) is 4.42. The van der Waals surface area contributed by atoms with Crippen molar-refractivity contribution in [1.29, 1.82) is 0 Å². The Morgan fingerprint density at radius 2 is 2.11 bits per heavy atom. The van der Waals surface area contributed by atoms with Crippen molar-refractivity contribution >= 4 is 5.82 Å². The lowest BCUT2D eigenvalue weighted by Crippen LogP contribution is -1.99. The zero-order valence-electron chi connectivity index (χ0n) is 9.82. The molecule has 3 N–H and O–H groups in total. The molecule has 3 rings (SSSR count). The van der Waals surface area contributed by atoms with Crippen LogP contribution in [0.3, 0.4) is 0 Å². The topological polar surface area (TPSA) is 63.9 Å². The summed E-state index contributed by atoms with van der Waals surface area (Å²) < 4.78 is 18.6. The van der Waals surface area contributed by atoms with Crippen molar-refractivity contribution in [3.63, 3.8) is 0 Å². The van der Waals surface area contributed by atoms with Gasteiger partial charge < -0.3 is 10.5 Å². The number of halogens is 1. The average molecular weight is 247 g/mol. The molecule has 0 radical (unpaired) electrons. The van der Waals surface area contributed by atoms with E-state index < -0.39 is 0 Å². The van der Waals surface area contributed by atoms with Crippen LogP contribution in [-0.2, 0) is 4.74 Å². The lowest BCUT2D eigenvalue weighted by Gasteiger charge is -2.10. The zero-order valence-corrected chi connectivity index (χ0v) is 9.82. The normalized spacial score (nSPS) is 19.3. The Labute approximate surface area is 104 Å². The molecule has 5 heteroatoms. The van der Waals surface area contributed by atoms with Gasteiger partial charge >= 0.3 is 0 Å². The number of nitrogens with two attached hydrogens (primary N) is 1. The summed E-state index contributed by atoms with van der Waals surface area (Å²) in [6.45, 7) is 0.756. The van der Waals surface area contributed by atoms with Gasteiger partial charge in [-0.05, 0) is 30.5 Å². The highest BCUT2D eigenvalue weighted by Gasteiger charge is 2.25. The number of anilines is 1. The van der Waals surface area contributed by atoms with Crippen molar-refractivity contribution < 1.29 is 9.13 Å². The van der Waals surface area contributed by atoms with E-state index in [1.165, 1.54) is 12.1 Å². The van der Waals surface area contributed by atoms with Gasteiger partial charge in [-0.15, -0.1) is 0 Å². The highest BCUT2D eigenvalue weighted by atomic mass is 19.1. The van der Waals surface area contributed by atoms with Crippen LogP contribution in [0.25, 0.3) is 11.1 Å². The van der Waals surface area contributed by atoms with Gasteiger partial charge in [0.25, 0.3) is 0 Å². The molecule has 18 heavy (non-hydrogen) atoms. The van der Waals surface area contributed by atoms with Crippen molar-refractivity contribution in [2.75, 3.05) is 12.3 Å². The molecule has 0 saturated carbocycles. The summed E-state index contributed by atoms with van der Waals surface area (Å²) in [5, 5.41) is 6.97. The first kappa shape index (κ1) is 11.2. The number of rotatable bonds is 2. The van der Waals surface area contributed by atoms with Crippen molar-refractivity contribution in [2.24, 2.45) is 0 Å². The summed E-state index contributed by atoms with van der Waals surface area (Å²) in [7, 11) is 0. The second-order valence-corrected chi connectivity index (χ2v) is 4.41. The van der Waals surface area contributed by atoms with Crippen molar-refractivity contribution in [3.8, 4) is 11.1 Å². The molecule has 1 aromatic heterocycles. The number of ether oxygens (including phenoxy) is 1. The van der Waals surface area contributed by atoms with Crippen LogP contribution in [0, 0.1) is 5.82 Å². The van der Waals surface area contributed by atoms with Gasteiger partial charge in [-0.2, -0.15) is 5.10 Å². The summed E-state index contributed by atoms with van der Waals surface area (Å²) >= 11 is 0. The fraction of sp³-hybridized carbons (Fsp3) is 0.308. The molecule has 0 aliphatic carbocycles. The minimum atomic E-state index is -0.264. The van der Waals surface area contributed by atoms with Gasteiger partial charge in [0.2, 0.25) is 0 Å². The van der Waals surface area contributed by atoms with Gasteiger partial charge in [0.15, 0.2) is 5.82 Å². The molecule has 1 saturated heterocycles. The maximum Gasteiger partial charge on any atom is 0.153 e. The fourth-order valence-electron chi connectivity index (χ4n) is 2.33. The average Bonchev–Trinajstić information content (AvgIpc) is 2.99. The van der Waals surface area contributed by atoms with Gasteiger partial charge in [0.05, 0.1) is 11.8 Å². The molecule has 4 nitrogen and oxygen atoms in total. The van der Waals surface area contributed by atoms with E-state index in [-0.39, 0.29) is 11.9 Å². The zero-order chi connectivity index (χ0) is 12.5. The Bertz CT molecular complexity index is 544.